The summed E-state index contributed by atoms with van der Waals surface area (Å²) in [7, 11) is 0. The van der Waals surface area contributed by atoms with Crippen LogP contribution in [0.4, 0.5) is 0 Å². The van der Waals surface area contributed by atoms with Gasteiger partial charge in [0.1, 0.15) is 5.75 Å². The molecule has 0 aromatic carbocycles. The quantitative estimate of drug-likeness (QED) is 0.859. The highest BCUT2D eigenvalue weighted by atomic mass is 16.5. The first-order chi connectivity index (χ1) is 9.93. The first-order valence-electron chi connectivity index (χ1n) is 7.69. The molecule has 0 aliphatic carbocycles. The molecule has 2 aliphatic heterocycles. The predicted octanol–water partition coefficient (Wildman–Crippen LogP) is 2.54. The van der Waals surface area contributed by atoms with Gasteiger partial charge in [-0.1, -0.05) is 0 Å². The summed E-state index contributed by atoms with van der Waals surface area (Å²) < 4.78 is 6.21. The standard InChI is InChI=1S/C16H23N3O/c1-2-11-19(12-3-1)16(14-6-9-17-10-7-14)20-15-5-4-8-18-13-15/h4-5,8,13,17H,1-3,6-7,9-12H2. The molecule has 2 saturated heterocycles. The number of hydrogen-bond donors (Lipinski definition) is 1. The first-order valence-corrected chi connectivity index (χ1v) is 7.69. The van der Waals surface area contributed by atoms with E-state index in [1.165, 1.54) is 24.8 Å². The van der Waals surface area contributed by atoms with Crippen molar-refractivity contribution in [3.05, 3.63) is 36.0 Å². The molecule has 0 bridgehead atoms. The number of pyridine rings is 1. The van der Waals surface area contributed by atoms with E-state index in [9.17, 15) is 0 Å². The van der Waals surface area contributed by atoms with Crippen LogP contribution in [0.1, 0.15) is 32.1 Å². The van der Waals surface area contributed by atoms with Crippen molar-refractivity contribution < 1.29 is 4.74 Å². The minimum atomic E-state index is 0.846. The van der Waals surface area contributed by atoms with Crippen LogP contribution in [0.25, 0.3) is 0 Å². The average molecular weight is 273 g/mol. The van der Waals surface area contributed by atoms with Gasteiger partial charge in [-0.3, -0.25) is 4.98 Å². The molecule has 0 saturated carbocycles. The molecule has 2 aliphatic rings. The van der Waals surface area contributed by atoms with Gasteiger partial charge in [-0.05, 0) is 62.9 Å². The SMILES string of the molecule is c1cncc(OC(=C2CCNCC2)N2CCCCC2)c1. The maximum Gasteiger partial charge on any atom is 0.195 e. The Morgan fingerprint density at radius 3 is 2.65 bits per heavy atom. The minimum absolute atomic E-state index is 0.846. The number of hydrogen-bond acceptors (Lipinski definition) is 4. The molecule has 0 radical (unpaired) electrons. The zero-order chi connectivity index (χ0) is 13.6. The Balaban J connectivity index is 1.82. The molecule has 0 atom stereocenters. The van der Waals surface area contributed by atoms with Crippen LogP contribution in [-0.4, -0.2) is 36.1 Å². The van der Waals surface area contributed by atoms with Crippen LogP contribution in [0.2, 0.25) is 0 Å². The maximum absolute atomic E-state index is 6.21. The number of aromatic nitrogens is 1. The van der Waals surface area contributed by atoms with Crippen LogP contribution >= 0.6 is 0 Å². The largest absolute Gasteiger partial charge is 0.440 e. The molecule has 1 aromatic heterocycles. The van der Waals surface area contributed by atoms with Crippen molar-refractivity contribution in [1.29, 1.82) is 0 Å². The maximum atomic E-state index is 6.21. The van der Waals surface area contributed by atoms with E-state index >= 15 is 0 Å². The third kappa shape index (κ3) is 3.31. The molecule has 20 heavy (non-hydrogen) atoms. The zero-order valence-corrected chi connectivity index (χ0v) is 12.0. The molecule has 1 N–H and O–H groups in total. The molecule has 3 rings (SSSR count). The molecule has 1 aromatic rings. The number of nitrogens with zero attached hydrogens (tertiary/aromatic N) is 2. The predicted molar refractivity (Wildman–Crippen MR) is 79.4 cm³/mol. The zero-order valence-electron chi connectivity index (χ0n) is 12.0. The van der Waals surface area contributed by atoms with E-state index in [1.54, 1.807) is 12.4 Å². The topological polar surface area (TPSA) is 37.4 Å². The van der Waals surface area contributed by atoms with Gasteiger partial charge in [0.2, 0.25) is 0 Å². The van der Waals surface area contributed by atoms with Crippen LogP contribution in [0.15, 0.2) is 36.0 Å². The van der Waals surface area contributed by atoms with Gasteiger partial charge in [-0.15, -0.1) is 0 Å². The van der Waals surface area contributed by atoms with E-state index in [4.69, 9.17) is 4.74 Å². The summed E-state index contributed by atoms with van der Waals surface area (Å²) in [6, 6.07) is 3.91. The second-order valence-electron chi connectivity index (χ2n) is 5.50. The number of piperidine rings is 2. The van der Waals surface area contributed by atoms with Crippen LogP contribution < -0.4 is 10.1 Å². The molecule has 108 valence electrons. The summed E-state index contributed by atoms with van der Waals surface area (Å²) in [5.41, 5.74) is 1.45. The molecule has 0 amide bonds. The van der Waals surface area contributed by atoms with Crippen LogP contribution in [0.5, 0.6) is 5.75 Å². The van der Waals surface area contributed by atoms with Gasteiger partial charge in [0, 0.05) is 19.3 Å². The summed E-state index contributed by atoms with van der Waals surface area (Å²) in [6.45, 7) is 4.35. The summed E-state index contributed by atoms with van der Waals surface area (Å²) in [6.07, 6.45) is 9.64. The van der Waals surface area contributed by atoms with E-state index in [0.717, 1.165) is 50.7 Å². The highest BCUT2D eigenvalue weighted by Gasteiger charge is 2.21. The Labute approximate surface area is 120 Å². The third-order valence-corrected chi connectivity index (χ3v) is 4.00. The summed E-state index contributed by atoms with van der Waals surface area (Å²) in [4.78, 5) is 6.58. The lowest BCUT2D eigenvalue weighted by Crippen LogP contribution is -2.34. The molecule has 2 fully saturated rings. The highest BCUT2D eigenvalue weighted by Crippen LogP contribution is 2.25. The van der Waals surface area contributed by atoms with E-state index in [1.807, 2.05) is 12.1 Å². The lowest BCUT2D eigenvalue weighted by atomic mass is 10.0. The number of ether oxygens (including phenoxy) is 1. The van der Waals surface area contributed by atoms with Crippen molar-refractivity contribution in [2.24, 2.45) is 0 Å². The van der Waals surface area contributed by atoms with Crippen LogP contribution in [0.3, 0.4) is 0 Å². The number of rotatable bonds is 3. The Hall–Kier alpha value is -1.55. The van der Waals surface area contributed by atoms with Crippen molar-refractivity contribution in [1.82, 2.24) is 15.2 Å². The van der Waals surface area contributed by atoms with Gasteiger partial charge in [0.15, 0.2) is 5.88 Å². The summed E-state index contributed by atoms with van der Waals surface area (Å²) >= 11 is 0. The lowest BCUT2D eigenvalue weighted by molar-refractivity contribution is 0.179. The molecule has 0 spiro atoms. The molecule has 4 heteroatoms. The van der Waals surface area contributed by atoms with Gasteiger partial charge < -0.3 is 15.0 Å². The van der Waals surface area contributed by atoms with Gasteiger partial charge in [0.05, 0.1) is 6.20 Å². The highest BCUT2D eigenvalue weighted by molar-refractivity contribution is 5.22. The Morgan fingerprint density at radius 1 is 1.15 bits per heavy atom. The van der Waals surface area contributed by atoms with Crippen LogP contribution in [-0.2, 0) is 0 Å². The molecule has 0 unspecified atom stereocenters. The first kappa shape index (κ1) is 13.4. The van der Waals surface area contributed by atoms with E-state index < -0.39 is 0 Å². The van der Waals surface area contributed by atoms with Gasteiger partial charge in [-0.25, -0.2) is 0 Å². The summed E-state index contributed by atoms with van der Waals surface area (Å²) in [5, 5.41) is 3.42. The number of nitrogens with one attached hydrogen (secondary N) is 1. The molecule has 4 nitrogen and oxygen atoms in total. The Morgan fingerprint density at radius 2 is 1.95 bits per heavy atom. The summed E-state index contributed by atoms with van der Waals surface area (Å²) in [5.74, 6) is 1.94. The van der Waals surface area contributed by atoms with Crippen LogP contribution in [0, 0.1) is 0 Å². The monoisotopic (exact) mass is 273 g/mol. The lowest BCUT2D eigenvalue weighted by Gasteiger charge is -2.33. The fraction of sp³-hybridized carbons (Fsp3) is 0.562. The Bertz CT molecular complexity index is 444. The van der Waals surface area contributed by atoms with Crippen molar-refractivity contribution in [3.63, 3.8) is 0 Å². The van der Waals surface area contributed by atoms with Crippen molar-refractivity contribution in [3.8, 4) is 5.75 Å². The second-order valence-corrected chi connectivity index (χ2v) is 5.50. The van der Waals surface area contributed by atoms with Crippen molar-refractivity contribution >= 4 is 0 Å². The average Bonchev–Trinajstić information content (AvgIpc) is 2.55. The Kier molecular flexibility index (Phi) is 4.53. The minimum Gasteiger partial charge on any atom is -0.440 e. The normalized spacial score (nSPS) is 19.8. The second kappa shape index (κ2) is 6.75. The van der Waals surface area contributed by atoms with E-state index in [0.29, 0.717) is 0 Å². The van der Waals surface area contributed by atoms with Crippen molar-refractivity contribution in [2.45, 2.75) is 32.1 Å². The van der Waals surface area contributed by atoms with Gasteiger partial charge in [0.25, 0.3) is 0 Å². The molecular formula is C16H23N3O. The molecule has 3 heterocycles. The van der Waals surface area contributed by atoms with Crippen molar-refractivity contribution in [2.75, 3.05) is 26.2 Å². The van der Waals surface area contributed by atoms with E-state index in [-0.39, 0.29) is 0 Å². The van der Waals surface area contributed by atoms with Gasteiger partial charge >= 0.3 is 0 Å². The third-order valence-electron chi connectivity index (χ3n) is 4.00. The fourth-order valence-corrected chi connectivity index (χ4v) is 2.92. The fourth-order valence-electron chi connectivity index (χ4n) is 2.92. The molecular weight excluding hydrogens is 250 g/mol. The van der Waals surface area contributed by atoms with Gasteiger partial charge in [-0.2, -0.15) is 0 Å². The van der Waals surface area contributed by atoms with E-state index in [2.05, 4.69) is 15.2 Å². The smallest absolute Gasteiger partial charge is 0.195 e. The number of likely N-dealkylation sites (tertiary alicyclic amines) is 1.